The summed E-state index contributed by atoms with van der Waals surface area (Å²) in [5.74, 6) is 0.871. The predicted octanol–water partition coefficient (Wildman–Crippen LogP) is 35.8. The zero-order valence-electron chi connectivity index (χ0n) is 81.0. The Balaban J connectivity index is 0.000000120. The number of aryl methyl sites for hydroxylation is 8. The topological polar surface area (TPSA) is 73.8 Å². The molecule has 0 radical (unpaired) electrons. The lowest BCUT2D eigenvalue weighted by molar-refractivity contribution is 0.0685. The van der Waals surface area contributed by atoms with Gasteiger partial charge in [0.15, 0.2) is 12.5 Å². The number of pyridine rings is 1. The van der Waals surface area contributed by atoms with Crippen molar-refractivity contribution in [1.29, 1.82) is 0 Å². The van der Waals surface area contributed by atoms with E-state index < -0.39 is 0 Å². The van der Waals surface area contributed by atoms with E-state index in [4.69, 9.17) is 18.5 Å². The number of anilines is 22. The molecule has 694 valence electrons. The van der Waals surface area contributed by atoms with E-state index in [9.17, 15) is 0 Å². The molecule has 0 fully saturated rings. The average Bonchev–Trinajstić information content (AvgIpc) is 1.40. The van der Waals surface area contributed by atoms with E-state index in [1.165, 1.54) is 67.0 Å². The molecule has 22 rings (SSSR count). The standard InChI is InChI=1S/C36H30N2.C32H26N4S.C31H27N3.C30H28N2O/c1-27-13-19-33(20-14-27)37(31-9-5-3-6-10-31)35-23-17-30-26-36(24-18-29(30)25-35)38(32-11-7-4-8-12-32)34-21-15-28(2)16-22-34;1-23-13-17-27(18-14-23)35(25-9-5-3-6-10-25)29-21-22-30(32-31(29)33-37-34-32)36(26-11-7-4-8-12-26)28-19-15-24(2)16-20-28;1-24-13-17-28(18-14-24)33(26-9-5-3-6-10-26)30-21-22-31(32-23-30)34(27-11-7-4-8-12-27)29-19-15-25(2)16-20-29;1-23-13-17-27(18-14-23)31(25-9-5-3-6-10-25)29-21-22-30(33-29)32(26-11-7-4-8-12-26)28-19-15-24(2)16-20-28/h3-26H,1-2H3;3-22H,1-2H3;3-23H,1-2H3;3-22,29-30H,1-2H3. The highest BCUT2D eigenvalue weighted by Gasteiger charge is 2.33. The van der Waals surface area contributed by atoms with E-state index in [0.29, 0.717) is 0 Å². The zero-order valence-corrected chi connectivity index (χ0v) is 81.8. The summed E-state index contributed by atoms with van der Waals surface area (Å²) in [4.78, 5) is 23.0. The first-order valence-electron chi connectivity index (χ1n) is 48.1. The van der Waals surface area contributed by atoms with Crippen LogP contribution in [0.5, 0.6) is 0 Å². The zero-order chi connectivity index (χ0) is 97.0. The molecule has 2 aromatic heterocycles. The summed E-state index contributed by atoms with van der Waals surface area (Å²) in [6.45, 7) is 16.9. The number of para-hydroxylation sites is 8. The fourth-order valence-electron chi connectivity index (χ4n) is 17.8. The van der Waals surface area contributed by atoms with Gasteiger partial charge in [-0.1, -0.05) is 299 Å². The van der Waals surface area contributed by atoms with Gasteiger partial charge in [-0.05, 0) is 321 Å². The van der Waals surface area contributed by atoms with Crippen LogP contribution in [0.4, 0.5) is 125 Å². The van der Waals surface area contributed by atoms with Crippen LogP contribution in [0, 0.1) is 55.4 Å². The Labute approximate surface area is 838 Å². The summed E-state index contributed by atoms with van der Waals surface area (Å²) in [5.41, 5.74) is 34.6. The second-order valence-corrected chi connectivity index (χ2v) is 36.1. The maximum Gasteiger partial charge on any atom is 0.156 e. The molecular formula is C129H111N11OS. The minimum absolute atomic E-state index is 0.225. The van der Waals surface area contributed by atoms with E-state index >= 15 is 0 Å². The van der Waals surface area contributed by atoms with Gasteiger partial charge < -0.3 is 39.0 Å². The highest BCUT2D eigenvalue weighted by atomic mass is 32.1. The van der Waals surface area contributed by atoms with Crippen molar-refractivity contribution in [3.63, 3.8) is 0 Å². The third-order valence-electron chi connectivity index (χ3n) is 25.2. The largest absolute Gasteiger partial charge is 0.327 e. The fraction of sp³-hybridized carbons (Fsp3) is 0.0775. The lowest BCUT2D eigenvalue weighted by atomic mass is 10.1. The summed E-state index contributed by atoms with van der Waals surface area (Å²) in [5, 5.41) is 2.41. The van der Waals surface area contributed by atoms with Crippen molar-refractivity contribution in [1.82, 2.24) is 13.7 Å². The van der Waals surface area contributed by atoms with E-state index in [0.717, 1.165) is 136 Å². The molecular weight excluding hydrogens is 1750 g/mol. The third-order valence-corrected chi connectivity index (χ3v) is 25.7. The second kappa shape index (κ2) is 44.3. The molecule has 12 nitrogen and oxygen atoms in total. The Morgan fingerprint density at radius 2 is 0.394 bits per heavy atom. The monoisotopic (exact) mass is 1860 g/mol. The SMILES string of the molecule is Cc1ccc(N(c2ccccc2)C2C=CC(N(c3ccccc3)c3ccc(C)cc3)O2)cc1.Cc1ccc(N(c2ccccc2)c2ccc(N(c3ccccc3)c3ccc(C)cc3)c3nsnc23)cc1.Cc1ccc(N(c2ccccc2)c2ccc(N(c3ccccc3)c3ccc(C)cc3)nc2)cc1.Cc1ccc(N(c2ccccc2)c2ccc3cc(N(c4ccccc4)c4ccc(C)cc4)ccc3c2)cc1. The van der Waals surface area contributed by atoms with Crippen molar-refractivity contribution in [2.45, 2.75) is 67.8 Å². The highest BCUT2D eigenvalue weighted by Crippen LogP contribution is 2.48. The van der Waals surface area contributed by atoms with Crippen LogP contribution < -0.4 is 39.2 Å². The first-order valence-corrected chi connectivity index (χ1v) is 48.9. The number of hydrogen-bond donors (Lipinski definition) is 0. The van der Waals surface area contributed by atoms with Gasteiger partial charge in [0, 0.05) is 102 Å². The number of hydrogen-bond acceptors (Lipinski definition) is 13. The Morgan fingerprint density at radius 1 is 0.190 bits per heavy atom. The van der Waals surface area contributed by atoms with Gasteiger partial charge in [0.25, 0.3) is 0 Å². The van der Waals surface area contributed by atoms with Gasteiger partial charge in [-0.2, -0.15) is 8.75 Å². The van der Waals surface area contributed by atoms with Crippen LogP contribution in [0.25, 0.3) is 21.8 Å². The van der Waals surface area contributed by atoms with Crippen molar-refractivity contribution in [3.05, 3.63) is 560 Å². The van der Waals surface area contributed by atoms with Gasteiger partial charge in [-0.15, -0.1) is 0 Å². The van der Waals surface area contributed by atoms with Gasteiger partial charge in [0.1, 0.15) is 16.9 Å². The molecule has 21 aromatic rings. The minimum atomic E-state index is -0.225. The van der Waals surface area contributed by atoms with Gasteiger partial charge in [-0.3, -0.25) is 4.90 Å². The first-order chi connectivity index (χ1) is 69.7. The number of nitrogens with zero attached hydrogens (tertiary/aromatic N) is 11. The van der Waals surface area contributed by atoms with Crippen LogP contribution in [0.15, 0.2) is 516 Å². The van der Waals surface area contributed by atoms with E-state index in [2.05, 4.69) is 568 Å². The summed E-state index contributed by atoms with van der Waals surface area (Å²) in [7, 11) is 0. The average molecular weight is 1860 g/mol. The number of rotatable bonds is 24. The predicted molar refractivity (Wildman–Crippen MR) is 599 cm³/mol. The molecule has 0 amide bonds. The second-order valence-electron chi connectivity index (χ2n) is 35.6. The van der Waals surface area contributed by atoms with Crippen LogP contribution in [0.3, 0.4) is 0 Å². The number of ether oxygens (including phenoxy) is 1. The van der Waals surface area contributed by atoms with E-state index in [1.54, 1.807) is 0 Å². The van der Waals surface area contributed by atoms with Crippen molar-refractivity contribution >= 4 is 159 Å². The molecule has 0 N–H and O–H groups in total. The fourth-order valence-corrected chi connectivity index (χ4v) is 18.3. The molecule has 1 aliphatic heterocycles. The molecule has 2 atom stereocenters. The highest BCUT2D eigenvalue weighted by molar-refractivity contribution is 7.00. The summed E-state index contributed by atoms with van der Waals surface area (Å²) in [6, 6.07) is 175. The maximum atomic E-state index is 6.70. The Bertz CT molecular complexity index is 7200. The van der Waals surface area contributed by atoms with Crippen molar-refractivity contribution in [2.24, 2.45) is 0 Å². The molecule has 2 unspecified atom stereocenters. The molecule has 142 heavy (non-hydrogen) atoms. The molecule has 3 heterocycles. The van der Waals surface area contributed by atoms with Gasteiger partial charge in [0.05, 0.1) is 35.0 Å². The molecule has 0 saturated carbocycles. The van der Waals surface area contributed by atoms with Crippen molar-refractivity contribution in [3.8, 4) is 0 Å². The smallest absolute Gasteiger partial charge is 0.156 e. The van der Waals surface area contributed by atoms with Gasteiger partial charge in [0.2, 0.25) is 0 Å². The van der Waals surface area contributed by atoms with Gasteiger partial charge >= 0.3 is 0 Å². The van der Waals surface area contributed by atoms with Gasteiger partial charge in [-0.25, -0.2) is 4.98 Å². The molecule has 0 saturated heterocycles. The Hall–Kier alpha value is -17.5. The summed E-state index contributed by atoms with van der Waals surface area (Å²) >= 11 is 1.25. The molecule has 0 aliphatic carbocycles. The quantitative estimate of drug-likeness (QED) is 0.0541. The first kappa shape index (κ1) is 93.5. The van der Waals surface area contributed by atoms with Crippen molar-refractivity contribution < 1.29 is 4.74 Å². The molecule has 0 bridgehead atoms. The normalized spacial score (nSPS) is 12.3. The van der Waals surface area contributed by atoms with Crippen LogP contribution in [0.1, 0.15) is 44.5 Å². The Morgan fingerprint density at radius 3 is 0.662 bits per heavy atom. The molecule has 0 spiro atoms. The van der Waals surface area contributed by atoms with Crippen LogP contribution in [-0.4, -0.2) is 26.2 Å². The van der Waals surface area contributed by atoms with Crippen LogP contribution >= 0.6 is 11.7 Å². The Kier molecular flexibility index (Phi) is 29.2. The van der Waals surface area contributed by atoms with Crippen LogP contribution in [-0.2, 0) is 4.74 Å². The number of aromatic nitrogens is 3. The number of fused-ring (bicyclic) bond motifs is 2. The molecule has 1 aliphatic rings. The molecule has 19 aromatic carbocycles. The van der Waals surface area contributed by atoms with Crippen LogP contribution in [0.2, 0.25) is 0 Å². The lowest BCUT2D eigenvalue weighted by Crippen LogP contribution is -2.37. The number of benzene rings is 19. The van der Waals surface area contributed by atoms with E-state index in [1.807, 2.05) is 42.6 Å². The maximum absolute atomic E-state index is 6.70. The van der Waals surface area contributed by atoms with E-state index in [-0.39, 0.29) is 12.5 Å². The minimum Gasteiger partial charge on any atom is -0.327 e. The third kappa shape index (κ3) is 22.0. The van der Waals surface area contributed by atoms with Crippen molar-refractivity contribution in [2.75, 3.05) is 39.2 Å². The summed E-state index contributed by atoms with van der Waals surface area (Å²) in [6.07, 6.45) is 5.81. The molecule has 13 heteroatoms. The lowest BCUT2D eigenvalue weighted by Gasteiger charge is -2.34. The summed E-state index contributed by atoms with van der Waals surface area (Å²) < 4.78 is 16.3.